The minimum Gasteiger partial charge on any atom is -0.370 e. The van der Waals surface area contributed by atoms with Crippen LogP contribution in [0.5, 0.6) is 0 Å². The molecule has 0 bridgehead atoms. The van der Waals surface area contributed by atoms with E-state index in [1.54, 1.807) is 13.1 Å². The molecule has 29 heavy (non-hydrogen) atoms. The molecule has 1 aromatic heterocycles. The fourth-order valence-electron chi connectivity index (χ4n) is 3.55. The zero-order valence-electron chi connectivity index (χ0n) is 18.1. The first kappa shape index (κ1) is 22.9. The first-order valence-corrected chi connectivity index (χ1v) is 10.1. The number of rotatable bonds is 9. The third-order valence-corrected chi connectivity index (χ3v) is 5.31. The summed E-state index contributed by atoms with van der Waals surface area (Å²) < 4.78 is 16.7. The van der Waals surface area contributed by atoms with Crippen LogP contribution in [-0.4, -0.2) is 28.8 Å². The molecule has 160 valence electrons. The third kappa shape index (κ3) is 6.03. The van der Waals surface area contributed by atoms with Gasteiger partial charge in [-0.1, -0.05) is 39.0 Å². The van der Waals surface area contributed by atoms with E-state index in [1.165, 1.54) is 23.7 Å². The molecule has 2 N–H and O–H groups in total. The Bertz CT molecular complexity index is 928. The highest BCUT2D eigenvalue weighted by molar-refractivity contribution is 5.33. The topological polar surface area (TPSA) is 68.1 Å². The molecule has 0 spiro atoms. The van der Waals surface area contributed by atoms with Gasteiger partial charge in [0.2, 0.25) is 0 Å². The van der Waals surface area contributed by atoms with Crippen molar-refractivity contribution in [1.82, 2.24) is 14.5 Å². The molecule has 0 aliphatic carbocycles. The SMILES string of the molecule is Cn1c(NCCNCCCC(c2ccccc2F)C(C)(C)C)cc(=O)n(C)c1=O. The molecule has 1 aromatic carbocycles. The molecular weight excluding hydrogens is 371 g/mol. The third-order valence-electron chi connectivity index (χ3n) is 5.31. The highest BCUT2D eigenvalue weighted by Gasteiger charge is 2.27. The van der Waals surface area contributed by atoms with Crippen molar-refractivity contribution in [2.45, 2.75) is 39.5 Å². The number of hydrogen-bond donors (Lipinski definition) is 2. The van der Waals surface area contributed by atoms with Gasteiger partial charge in [0.1, 0.15) is 11.6 Å². The molecule has 0 saturated heterocycles. The van der Waals surface area contributed by atoms with E-state index in [-0.39, 0.29) is 28.4 Å². The van der Waals surface area contributed by atoms with Gasteiger partial charge >= 0.3 is 5.69 Å². The van der Waals surface area contributed by atoms with Crippen molar-refractivity contribution >= 4 is 5.82 Å². The van der Waals surface area contributed by atoms with E-state index in [4.69, 9.17) is 0 Å². The molecular formula is C22H33FN4O2. The molecule has 2 rings (SSSR count). The average molecular weight is 405 g/mol. The maximum absolute atomic E-state index is 14.2. The van der Waals surface area contributed by atoms with Gasteiger partial charge in [-0.2, -0.15) is 0 Å². The molecule has 0 radical (unpaired) electrons. The first-order valence-electron chi connectivity index (χ1n) is 10.1. The predicted molar refractivity (Wildman–Crippen MR) is 116 cm³/mol. The molecule has 0 amide bonds. The van der Waals surface area contributed by atoms with Crippen molar-refractivity contribution in [3.05, 3.63) is 62.6 Å². The average Bonchev–Trinajstić information content (AvgIpc) is 2.66. The molecule has 1 atom stereocenters. The van der Waals surface area contributed by atoms with E-state index in [2.05, 4.69) is 31.4 Å². The van der Waals surface area contributed by atoms with E-state index >= 15 is 0 Å². The zero-order valence-corrected chi connectivity index (χ0v) is 18.1. The molecule has 6 nitrogen and oxygen atoms in total. The Morgan fingerprint density at radius 2 is 1.72 bits per heavy atom. The zero-order chi connectivity index (χ0) is 21.6. The first-order chi connectivity index (χ1) is 13.6. The quantitative estimate of drug-likeness (QED) is 0.631. The molecule has 0 fully saturated rings. The largest absolute Gasteiger partial charge is 0.370 e. The Balaban J connectivity index is 1.80. The van der Waals surface area contributed by atoms with Crippen LogP contribution in [0.4, 0.5) is 10.2 Å². The minimum atomic E-state index is -0.352. The van der Waals surface area contributed by atoms with Crippen LogP contribution in [0.3, 0.4) is 0 Å². The monoisotopic (exact) mass is 404 g/mol. The molecule has 1 heterocycles. The van der Waals surface area contributed by atoms with Gasteiger partial charge in [0, 0.05) is 33.3 Å². The molecule has 7 heteroatoms. The van der Waals surface area contributed by atoms with Crippen molar-refractivity contribution in [3.63, 3.8) is 0 Å². The molecule has 2 aromatic rings. The molecule has 0 saturated carbocycles. The Morgan fingerprint density at radius 3 is 2.38 bits per heavy atom. The highest BCUT2D eigenvalue weighted by Crippen LogP contribution is 2.39. The number of aromatic nitrogens is 2. The Kier molecular flexibility index (Phi) is 7.79. The van der Waals surface area contributed by atoms with Crippen LogP contribution in [0.1, 0.15) is 45.1 Å². The Labute approximate surface area is 171 Å². The maximum Gasteiger partial charge on any atom is 0.332 e. The van der Waals surface area contributed by atoms with Gasteiger partial charge in [-0.3, -0.25) is 13.9 Å². The summed E-state index contributed by atoms with van der Waals surface area (Å²) in [6, 6.07) is 8.46. The fourth-order valence-corrected chi connectivity index (χ4v) is 3.55. The van der Waals surface area contributed by atoms with Crippen LogP contribution in [0.2, 0.25) is 0 Å². The summed E-state index contributed by atoms with van der Waals surface area (Å²) in [4.78, 5) is 23.7. The van der Waals surface area contributed by atoms with Crippen LogP contribution in [0.15, 0.2) is 39.9 Å². The van der Waals surface area contributed by atoms with E-state index in [9.17, 15) is 14.0 Å². The van der Waals surface area contributed by atoms with Crippen molar-refractivity contribution in [1.29, 1.82) is 0 Å². The number of anilines is 1. The normalized spacial score (nSPS) is 12.8. The smallest absolute Gasteiger partial charge is 0.332 e. The Morgan fingerprint density at radius 1 is 1.03 bits per heavy atom. The van der Waals surface area contributed by atoms with Crippen LogP contribution in [0, 0.1) is 11.2 Å². The second-order valence-electron chi connectivity index (χ2n) is 8.53. The van der Waals surface area contributed by atoms with Gasteiger partial charge in [-0.25, -0.2) is 9.18 Å². The molecule has 0 aliphatic rings. The highest BCUT2D eigenvalue weighted by atomic mass is 19.1. The van der Waals surface area contributed by atoms with E-state index in [1.807, 2.05) is 12.1 Å². The van der Waals surface area contributed by atoms with E-state index in [0.29, 0.717) is 18.9 Å². The lowest BCUT2D eigenvalue weighted by Crippen LogP contribution is -2.38. The number of nitrogens with one attached hydrogen (secondary N) is 2. The standard InChI is InChI=1S/C22H33FN4O2/c1-22(2,3)17(16-9-6-7-11-18(16)23)10-8-12-24-13-14-25-19-15-20(28)27(5)21(29)26(19)4/h6-7,9,11,15,17,24-25H,8,10,12-14H2,1-5H3. The van der Waals surface area contributed by atoms with Gasteiger partial charge in [0.15, 0.2) is 0 Å². The van der Waals surface area contributed by atoms with Crippen molar-refractivity contribution in [2.75, 3.05) is 25.0 Å². The predicted octanol–water partition coefficient (Wildman–Crippen LogP) is 2.83. The summed E-state index contributed by atoms with van der Waals surface area (Å²) in [6.45, 7) is 8.56. The molecule has 1 unspecified atom stereocenters. The summed E-state index contributed by atoms with van der Waals surface area (Å²) in [5.74, 6) is 0.523. The van der Waals surface area contributed by atoms with Crippen LogP contribution >= 0.6 is 0 Å². The van der Waals surface area contributed by atoms with Gasteiger partial charge in [-0.15, -0.1) is 0 Å². The van der Waals surface area contributed by atoms with Crippen molar-refractivity contribution in [2.24, 2.45) is 19.5 Å². The summed E-state index contributed by atoms with van der Waals surface area (Å²) in [6.07, 6.45) is 1.83. The van der Waals surface area contributed by atoms with Gasteiger partial charge < -0.3 is 10.6 Å². The number of benzene rings is 1. The fraction of sp³-hybridized carbons (Fsp3) is 0.545. The van der Waals surface area contributed by atoms with Gasteiger partial charge in [0.25, 0.3) is 5.56 Å². The summed E-state index contributed by atoms with van der Waals surface area (Å²) in [5.41, 5.74) is 0.0843. The summed E-state index contributed by atoms with van der Waals surface area (Å²) in [5, 5.41) is 6.48. The summed E-state index contributed by atoms with van der Waals surface area (Å²) >= 11 is 0. The second-order valence-corrected chi connectivity index (χ2v) is 8.53. The lowest BCUT2D eigenvalue weighted by Gasteiger charge is -2.31. The number of hydrogen-bond acceptors (Lipinski definition) is 4. The second kappa shape index (κ2) is 9.87. The van der Waals surface area contributed by atoms with Crippen molar-refractivity contribution < 1.29 is 4.39 Å². The number of halogens is 1. The lowest BCUT2D eigenvalue weighted by atomic mass is 9.74. The van der Waals surface area contributed by atoms with Crippen molar-refractivity contribution in [3.8, 4) is 0 Å². The summed E-state index contributed by atoms with van der Waals surface area (Å²) in [7, 11) is 3.09. The number of nitrogens with zero attached hydrogens (tertiary/aromatic N) is 2. The van der Waals surface area contributed by atoms with Gasteiger partial charge in [0.05, 0.1) is 0 Å². The lowest BCUT2D eigenvalue weighted by molar-refractivity contribution is 0.292. The van der Waals surface area contributed by atoms with E-state index < -0.39 is 0 Å². The van der Waals surface area contributed by atoms with Gasteiger partial charge in [-0.05, 0) is 42.3 Å². The van der Waals surface area contributed by atoms with Crippen LogP contribution < -0.4 is 21.9 Å². The maximum atomic E-state index is 14.2. The minimum absolute atomic E-state index is 0.0198. The Hall–Kier alpha value is -2.41. The molecule has 0 aliphatic heterocycles. The van der Waals surface area contributed by atoms with Crippen LogP contribution in [0.25, 0.3) is 0 Å². The van der Waals surface area contributed by atoms with Crippen LogP contribution in [-0.2, 0) is 14.1 Å². The van der Waals surface area contributed by atoms with E-state index in [0.717, 1.165) is 29.5 Å².